The van der Waals surface area contributed by atoms with Gasteiger partial charge >= 0.3 is 5.97 Å². The Morgan fingerprint density at radius 2 is 1.63 bits per heavy atom. The minimum Gasteiger partial charge on any atom is -0.508 e. The third kappa shape index (κ3) is 8.70. The number of nitrogens with one attached hydrogen (secondary N) is 3. The van der Waals surface area contributed by atoms with Crippen LogP contribution in [-0.2, 0) is 25.6 Å². The van der Waals surface area contributed by atoms with Gasteiger partial charge in [0.15, 0.2) is 0 Å². The maximum absolute atomic E-state index is 12.8. The van der Waals surface area contributed by atoms with E-state index >= 15 is 0 Å². The number of benzene rings is 1. The molecule has 0 heterocycles. The molecule has 1 rings (SSSR count). The zero-order valence-corrected chi connectivity index (χ0v) is 17.7. The molecule has 166 valence electrons. The van der Waals surface area contributed by atoms with E-state index in [-0.39, 0.29) is 25.1 Å². The molecule has 0 radical (unpaired) electrons. The summed E-state index contributed by atoms with van der Waals surface area (Å²) >= 11 is 1.45. The van der Waals surface area contributed by atoms with Gasteiger partial charge in [-0.15, -0.1) is 0 Å². The number of rotatable bonds is 12. The highest BCUT2D eigenvalue weighted by atomic mass is 32.2. The number of aromatic hydroxyl groups is 1. The Morgan fingerprint density at radius 1 is 1.03 bits per heavy atom. The third-order valence-corrected chi connectivity index (χ3v) is 4.83. The molecule has 3 atom stereocenters. The second kappa shape index (κ2) is 12.7. The zero-order valence-electron chi connectivity index (χ0n) is 16.9. The monoisotopic (exact) mass is 440 g/mol. The molecule has 0 saturated carbocycles. The van der Waals surface area contributed by atoms with Crippen LogP contribution in [0.1, 0.15) is 18.9 Å². The standard InChI is InChI=1S/C19H28N4O6S/c1-11(21-16(25)10-20)17(26)23-15(9-12-3-5-13(24)6-4-12)18(27)22-14(19(28)29)7-8-30-2/h3-6,11,14-15,24H,7-10,20H2,1-2H3,(H,21,25)(H,22,27)(H,23,26)(H,28,29). The highest BCUT2D eigenvalue weighted by molar-refractivity contribution is 7.98. The molecule has 30 heavy (non-hydrogen) atoms. The summed E-state index contributed by atoms with van der Waals surface area (Å²) in [6.45, 7) is 1.15. The largest absolute Gasteiger partial charge is 0.508 e. The molecule has 0 saturated heterocycles. The molecule has 0 fully saturated rings. The fourth-order valence-corrected chi connectivity index (χ4v) is 2.98. The van der Waals surface area contributed by atoms with Crippen LogP contribution in [0, 0.1) is 0 Å². The molecule has 0 aliphatic heterocycles. The van der Waals surface area contributed by atoms with E-state index in [1.165, 1.54) is 30.8 Å². The van der Waals surface area contributed by atoms with E-state index in [9.17, 15) is 29.4 Å². The van der Waals surface area contributed by atoms with Crippen LogP contribution < -0.4 is 21.7 Å². The van der Waals surface area contributed by atoms with Crippen molar-refractivity contribution < 1.29 is 29.4 Å². The first-order chi connectivity index (χ1) is 14.2. The maximum Gasteiger partial charge on any atom is 0.326 e. The first kappa shape index (κ1) is 25.2. The predicted molar refractivity (Wildman–Crippen MR) is 113 cm³/mol. The highest BCUT2D eigenvalue weighted by Gasteiger charge is 2.28. The normalized spacial score (nSPS) is 13.6. The van der Waals surface area contributed by atoms with Gasteiger partial charge in [0, 0.05) is 6.42 Å². The number of amides is 3. The van der Waals surface area contributed by atoms with E-state index in [1.807, 2.05) is 6.26 Å². The number of carboxylic acid groups (broad SMARTS) is 1. The van der Waals surface area contributed by atoms with Crippen molar-refractivity contribution in [3.63, 3.8) is 0 Å². The summed E-state index contributed by atoms with van der Waals surface area (Å²) in [6.07, 6.45) is 2.11. The van der Waals surface area contributed by atoms with Crippen molar-refractivity contribution in [2.45, 2.75) is 37.9 Å². The van der Waals surface area contributed by atoms with Crippen LogP contribution in [0.5, 0.6) is 5.75 Å². The first-order valence-electron chi connectivity index (χ1n) is 9.27. The predicted octanol–water partition coefficient (Wildman–Crippen LogP) is -0.795. The molecule has 0 bridgehead atoms. The Balaban J connectivity index is 2.96. The minimum absolute atomic E-state index is 0.0462. The Bertz CT molecular complexity index is 743. The molecule has 3 unspecified atom stereocenters. The van der Waals surface area contributed by atoms with Crippen molar-refractivity contribution >= 4 is 35.5 Å². The van der Waals surface area contributed by atoms with E-state index in [0.29, 0.717) is 11.3 Å². The van der Waals surface area contributed by atoms with Crippen LogP contribution in [0.3, 0.4) is 0 Å². The molecule has 7 N–H and O–H groups in total. The second-order valence-electron chi connectivity index (χ2n) is 6.61. The van der Waals surface area contributed by atoms with Crippen molar-refractivity contribution in [2.24, 2.45) is 5.73 Å². The van der Waals surface area contributed by atoms with Crippen molar-refractivity contribution in [1.82, 2.24) is 16.0 Å². The molecule has 0 aliphatic rings. The summed E-state index contributed by atoms with van der Waals surface area (Å²) < 4.78 is 0. The van der Waals surface area contributed by atoms with Crippen LogP contribution in [0.15, 0.2) is 24.3 Å². The van der Waals surface area contributed by atoms with Crippen LogP contribution in [0.4, 0.5) is 0 Å². The molecular formula is C19H28N4O6S. The lowest BCUT2D eigenvalue weighted by Gasteiger charge is -2.23. The van der Waals surface area contributed by atoms with Gasteiger partial charge in [-0.25, -0.2) is 4.79 Å². The number of thioether (sulfide) groups is 1. The van der Waals surface area contributed by atoms with Gasteiger partial charge in [-0.3, -0.25) is 14.4 Å². The average molecular weight is 441 g/mol. The number of phenols is 1. The molecule has 1 aromatic rings. The van der Waals surface area contributed by atoms with Crippen LogP contribution >= 0.6 is 11.8 Å². The fraction of sp³-hybridized carbons (Fsp3) is 0.474. The summed E-state index contributed by atoms with van der Waals surface area (Å²) in [5.41, 5.74) is 5.86. The second-order valence-corrected chi connectivity index (χ2v) is 7.59. The highest BCUT2D eigenvalue weighted by Crippen LogP contribution is 2.12. The van der Waals surface area contributed by atoms with Crippen molar-refractivity contribution in [3.8, 4) is 5.75 Å². The number of hydrogen-bond donors (Lipinski definition) is 6. The lowest BCUT2D eigenvalue weighted by atomic mass is 10.0. The van der Waals surface area contributed by atoms with Gasteiger partial charge in [0.1, 0.15) is 23.9 Å². The van der Waals surface area contributed by atoms with E-state index in [1.54, 1.807) is 12.1 Å². The number of phenolic OH excluding ortho intramolecular Hbond substituents is 1. The van der Waals surface area contributed by atoms with Crippen molar-refractivity contribution in [3.05, 3.63) is 29.8 Å². The molecule has 10 nitrogen and oxygen atoms in total. The number of carbonyl (C=O) groups is 4. The summed E-state index contributed by atoms with van der Waals surface area (Å²) in [5, 5.41) is 26.2. The van der Waals surface area contributed by atoms with Crippen LogP contribution in [-0.4, -0.2) is 70.6 Å². The minimum atomic E-state index is -1.17. The SMILES string of the molecule is CSCCC(NC(=O)C(Cc1ccc(O)cc1)NC(=O)C(C)NC(=O)CN)C(=O)O. The van der Waals surface area contributed by atoms with Gasteiger partial charge in [-0.2, -0.15) is 11.8 Å². The first-order valence-corrected chi connectivity index (χ1v) is 10.7. The summed E-state index contributed by atoms with van der Waals surface area (Å²) in [5.74, 6) is -2.40. The number of aliphatic carboxylic acids is 1. The Labute approximate surface area is 179 Å². The van der Waals surface area contributed by atoms with Gasteiger partial charge in [0.25, 0.3) is 0 Å². The van der Waals surface area contributed by atoms with Gasteiger partial charge in [0.2, 0.25) is 17.7 Å². The maximum atomic E-state index is 12.8. The van der Waals surface area contributed by atoms with Crippen molar-refractivity contribution in [2.75, 3.05) is 18.6 Å². The Morgan fingerprint density at radius 3 is 2.17 bits per heavy atom. The van der Waals surface area contributed by atoms with E-state index in [2.05, 4.69) is 16.0 Å². The zero-order chi connectivity index (χ0) is 22.7. The topological polar surface area (TPSA) is 171 Å². The van der Waals surface area contributed by atoms with Gasteiger partial charge in [-0.05, 0) is 43.0 Å². The molecule has 0 aliphatic carbocycles. The third-order valence-electron chi connectivity index (χ3n) is 4.19. The Kier molecular flexibility index (Phi) is 10.7. The average Bonchev–Trinajstić information content (AvgIpc) is 2.71. The number of carboxylic acids is 1. The molecule has 0 spiro atoms. The van der Waals surface area contributed by atoms with E-state index < -0.39 is 41.8 Å². The van der Waals surface area contributed by atoms with E-state index in [4.69, 9.17) is 5.73 Å². The number of nitrogens with two attached hydrogens (primary N) is 1. The molecular weight excluding hydrogens is 412 g/mol. The fourth-order valence-electron chi connectivity index (χ4n) is 2.51. The van der Waals surface area contributed by atoms with Gasteiger partial charge in [-0.1, -0.05) is 12.1 Å². The lowest BCUT2D eigenvalue weighted by Crippen LogP contribution is -2.56. The number of carbonyl (C=O) groups excluding carboxylic acids is 3. The van der Waals surface area contributed by atoms with Crippen LogP contribution in [0.25, 0.3) is 0 Å². The molecule has 3 amide bonds. The smallest absolute Gasteiger partial charge is 0.326 e. The lowest BCUT2D eigenvalue weighted by molar-refractivity contribution is -0.142. The summed E-state index contributed by atoms with van der Waals surface area (Å²) in [4.78, 5) is 48.1. The van der Waals surface area contributed by atoms with E-state index in [0.717, 1.165) is 0 Å². The van der Waals surface area contributed by atoms with Crippen LogP contribution in [0.2, 0.25) is 0 Å². The molecule has 1 aromatic carbocycles. The summed E-state index contributed by atoms with van der Waals surface area (Å²) in [6, 6.07) is 2.92. The Hall–Kier alpha value is -2.79. The van der Waals surface area contributed by atoms with Gasteiger partial charge in [0.05, 0.1) is 6.54 Å². The summed E-state index contributed by atoms with van der Waals surface area (Å²) in [7, 11) is 0. The molecule has 0 aromatic heterocycles. The van der Waals surface area contributed by atoms with Gasteiger partial charge < -0.3 is 31.9 Å². The molecule has 11 heteroatoms. The van der Waals surface area contributed by atoms with Crippen molar-refractivity contribution in [1.29, 1.82) is 0 Å². The quantitative estimate of drug-likeness (QED) is 0.245. The number of hydrogen-bond acceptors (Lipinski definition) is 7.